The number of nitrogens with one attached hydrogen (secondary N) is 2. The topological polar surface area (TPSA) is 207 Å². The number of nitrogens with zero attached hydrogens (tertiary/aromatic N) is 11. The summed E-state index contributed by atoms with van der Waals surface area (Å²) < 4.78 is 42.5. The molecular formula is C44H47N13O5S. The molecule has 63 heavy (non-hydrogen) atoms. The van der Waals surface area contributed by atoms with Gasteiger partial charge in [-0.3, -0.25) is 25.8 Å². The Bertz CT molecular complexity index is 2560. The summed E-state index contributed by atoms with van der Waals surface area (Å²) in [5.41, 5.74) is 10.7. The van der Waals surface area contributed by atoms with Crippen LogP contribution in [0.15, 0.2) is 120 Å². The predicted octanol–water partition coefficient (Wildman–Crippen LogP) is 4.27. The molecule has 0 saturated carbocycles. The molecule has 2 aliphatic rings. The van der Waals surface area contributed by atoms with E-state index in [-0.39, 0.29) is 29.6 Å². The Balaban J connectivity index is 0.913. The molecule has 1 aromatic carbocycles. The van der Waals surface area contributed by atoms with Crippen molar-refractivity contribution in [2.24, 2.45) is 10.2 Å². The molecular weight excluding hydrogens is 823 g/mol. The van der Waals surface area contributed by atoms with Gasteiger partial charge in [0.25, 0.3) is 0 Å². The number of morpholine rings is 1. The Kier molecular flexibility index (Phi) is 14.3. The summed E-state index contributed by atoms with van der Waals surface area (Å²) in [4.78, 5) is 35.4. The molecule has 1 unspecified atom stereocenters. The van der Waals surface area contributed by atoms with E-state index in [1.165, 1.54) is 0 Å². The van der Waals surface area contributed by atoms with Gasteiger partial charge in [0.15, 0.2) is 21.5 Å². The van der Waals surface area contributed by atoms with Crippen molar-refractivity contribution in [3.63, 3.8) is 0 Å². The first-order valence-electron chi connectivity index (χ1n) is 20.6. The van der Waals surface area contributed by atoms with Crippen molar-refractivity contribution in [1.29, 1.82) is 0 Å². The zero-order chi connectivity index (χ0) is 43.1. The van der Waals surface area contributed by atoms with Gasteiger partial charge in [-0.25, -0.2) is 8.42 Å². The second-order valence-electron chi connectivity index (χ2n) is 14.7. The largest absolute Gasteiger partial charge is 0.463 e. The summed E-state index contributed by atoms with van der Waals surface area (Å²) in [6, 6.07) is 27.3. The number of anilines is 4. The van der Waals surface area contributed by atoms with Crippen LogP contribution >= 0.6 is 0 Å². The number of hydrazone groups is 2. The monoisotopic (exact) mass is 869 g/mol. The van der Waals surface area contributed by atoms with Gasteiger partial charge in [-0.05, 0) is 53.1 Å². The minimum Gasteiger partial charge on any atom is -0.463 e. The zero-order valence-electron chi connectivity index (χ0n) is 34.5. The van der Waals surface area contributed by atoms with Crippen LogP contribution in [0.4, 0.5) is 23.3 Å². The summed E-state index contributed by atoms with van der Waals surface area (Å²) in [5, 5.41) is 8.88. The third-order valence-corrected chi connectivity index (χ3v) is 11.7. The molecule has 2 N–H and O–H groups in total. The molecule has 5 aromatic heterocycles. The number of ether oxygens (including phenoxy) is 3. The smallest absolute Gasteiger partial charge is 0.320 e. The number of pyridine rings is 3. The lowest BCUT2D eigenvalue weighted by Gasteiger charge is -2.34. The van der Waals surface area contributed by atoms with E-state index in [4.69, 9.17) is 19.2 Å². The van der Waals surface area contributed by atoms with Crippen LogP contribution in [0.1, 0.15) is 28.1 Å². The second kappa shape index (κ2) is 21.1. The van der Waals surface area contributed by atoms with E-state index < -0.39 is 9.84 Å². The van der Waals surface area contributed by atoms with Crippen LogP contribution in [-0.2, 0) is 33.8 Å². The van der Waals surface area contributed by atoms with Gasteiger partial charge in [0, 0.05) is 93.7 Å². The van der Waals surface area contributed by atoms with Crippen LogP contribution in [0.2, 0.25) is 0 Å². The number of rotatable bonds is 18. The van der Waals surface area contributed by atoms with Crippen molar-refractivity contribution >= 4 is 45.5 Å². The standard InChI is InChI=1S/C44H47N13O5S/c58-63(59)24-19-56(20-25-63)41-28-39(50-43(52-41)61-21-12-36-8-1-3-14-46-36)55-49-31-35-7-5-6-34(26-35)27-38-32-57(18-23-60-38)42-29-40(54-48-30-33-10-16-45-17-11-33)51-44(53-42)62-22-13-37-9-2-4-15-47-37/h1-11,14-17,26,28-31,38H,12-13,18-25,27,32H2,(H,50,52,55)(H,51,53,54)/b48-30+,49-31+. The Morgan fingerprint density at radius 1 is 0.683 bits per heavy atom. The fourth-order valence-corrected chi connectivity index (χ4v) is 8.03. The van der Waals surface area contributed by atoms with Gasteiger partial charge in [0.1, 0.15) is 11.6 Å². The van der Waals surface area contributed by atoms with Crippen molar-refractivity contribution in [3.8, 4) is 12.0 Å². The summed E-state index contributed by atoms with van der Waals surface area (Å²) in [5.74, 6) is 2.27. The lowest BCUT2D eigenvalue weighted by atomic mass is 10.0. The number of aromatic nitrogens is 7. The van der Waals surface area contributed by atoms with Gasteiger partial charge in [0.05, 0.1) is 49.9 Å². The molecule has 6 aromatic rings. The van der Waals surface area contributed by atoms with Gasteiger partial charge in [-0.1, -0.05) is 36.4 Å². The molecule has 2 saturated heterocycles. The van der Waals surface area contributed by atoms with E-state index in [1.807, 2.05) is 71.6 Å². The quantitative estimate of drug-likeness (QED) is 0.0914. The van der Waals surface area contributed by atoms with E-state index in [0.717, 1.165) is 28.1 Å². The van der Waals surface area contributed by atoms with Gasteiger partial charge < -0.3 is 24.0 Å². The highest BCUT2D eigenvalue weighted by atomic mass is 32.2. The summed E-state index contributed by atoms with van der Waals surface area (Å²) >= 11 is 0. The number of benzene rings is 1. The molecule has 0 bridgehead atoms. The molecule has 2 aliphatic heterocycles. The van der Waals surface area contributed by atoms with Crippen molar-refractivity contribution in [2.75, 3.05) is 78.2 Å². The molecule has 8 rings (SSSR count). The average Bonchev–Trinajstić information content (AvgIpc) is 3.30. The third-order valence-electron chi connectivity index (χ3n) is 10.1. The highest BCUT2D eigenvalue weighted by Crippen LogP contribution is 2.24. The highest BCUT2D eigenvalue weighted by Gasteiger charge is 2.25. The average molecular weight is 870 g/mol. The van der Waals surface area contributed by atoms with Crippen molar-refractivity contribution in [1.82, 2.24) is 34.9 Å². The molecule has 7 heterocycles. The Morgan fingerprint density at radius 3 is 1.92 bits per heavy atom. The van der Waals surface area contributed by atoms with E-state index >= 15 is 0 Å². The maximum Gasteiger partial charge on any atom is 0.320 e. The lowest BCUT2D eigenvalue weighted by molar-refractivity contribution is 0.0407. The summed E-state index contributed by atoms with van der Waals surface area (Å²) in [6.45, 7) is 3.07. The molecule has 19 heteroatoms. The normalized spacial score (nSPS) is 16.3. The van der Waals surface area contributed by atoms with Gasteiger partial charge in [-0.15, -0.1) is 0 Å². The molecule has 1 atom stereocenters. The summed E-state index contributed by atoms with van der Waals surface area (Å²) in [6.07, 6.45) is 12.1. The van der Waals surface area contributed by atoms with Crippen LogP contribution in [0.5, 0.6) is 12.0 Å². The van der Waals surface area contributed by atoms with Crippen molar-refractivity contribution < 1.29 is 22.6 Å². The van der Waals surface area contributed by atoms with Crippen LogP contribution in [0, 0.1) is 0 Å². The maximum absolute atomic E-state index is 12.1. The Hall–Kier alpha value is -7.12. The molecule has 0 radical (unpaired) electrons. The highest BCUT2D eigenvalue weighted by molar-refractivity contribution is 7.91. The fraction of sp³-hybridized carbons (Fsp3) is 0.295. The van der Waals surface area contributed by atoms with Gasteiger partial charge in [-0.2, -0.15) is 30.1 Å². The number of sulfone groups is 1. The van der Waals surface area contributed by atoms with Crippen LogP contribution in [0.25, 0.3) is 0 Å². The maximum atomic E-state index is 12.1. The van der Waals surface area contributed by atoms with E-state index in [2.05, 4.69) is 68.0 Å². The van der Waals surface area contributed by atoms with E-state index in [9.17, 15) is 8.42 Å². The van der Waals surface area contributed by atoms with Crippen LogP contribution in [0.3, 0.4) is 0 Å². The first-order chi connectivity index (χ1) is 30.9. The second-order valence-corrected chi connectivity index (χ2v) is 17.0. The minimum absolute atomic E-state index is 0.0560. The van der Waals surface area contributed by atoms with E-state index in [0.29, 0.717) is 88.5 Å². The molecule has 2 fully saturated rings. The molecule has 18 nitrogen and oxygen atoms in total. The van der Waals surface area contributed by atoms with Crippen LogP contribution in [-0.4, -0.2) is 119 Å². The first-order valence-corrected chi connectivity index (χ1v) is 22.4. The number of hydrogen-bond donors (Lipinski definition) is 2. The minimum atomic E-state index is -3.08. The number of hydrogen-bond acceptors (Lipinski definition) is 18. The zero-order valence-corrected chi connectivity index (χ0v) is 35.3. The molecule has 0 aliphatic carbocycles. The first kappa shape index (κ1) is 42.6. The molecule has 0 spiro atoms. The van der Waals surface area contributed by atoms with Gasteiger partial charge >= 0.3 is 12.0 Å². The Labute approximate surface area is 365 Å². The van der Waals surface area contributed by atoms with E-state index in [1.54, 1.807) is 43.3 Å². The molecule has 0 amide bonds. The molecule has 324 valence electrons. The Morgan fingerprint density at radius 2 is 1.30 bits per heavy atom. The predicted molar refractivity (Wildman–Crippen MR) is 241 cm³/mol. The SMILES string of the molecule is O=S1(=O)CCN(c2cc(N/N=C/c3cccc(CC4CN(c5cc(N/N=C/c6ccncc6)nc(OCCc6ccccn6)n5)CCO4)c3)nc(OCCc3ccccn3)n2)CC1. The fourth-order valence-electron chi connectivity index (χ4n) is 6.83. The summed E-state index contributed by atoms with van der Waals surface area (Å²) in [7, 11) is -3.08. The van der Waals surface area contributed by atoms with Crippen molar-refractivity contribution in [3.05, 3.63) is 138 Å². The third kappa shape index (κ3) is 12.9. The van der Waals surface area contributed by atoms with Crippen LogP contribution < -0.4 is 30.1 Å². The van der Waals surface area contributed by atoms with Gasteiger partial charge in [0.2, 0.25) is 0 Å². The lowest BCUT2D eigenvalue weighted by Crippen LogP contribution is -2.44. The van der Waals surface area contributed by atoms with Crippen molar-refractivity contribution in [2.45, 2.75) is 25.4 Å².